The normalized spacial score (nSPS) is 23.2. The van der Waals surface area contributed by atoms with Crippen LogP contribution in [0.3, 0.4) is 0 Å². The first kappa shape index (κ1) is 15.6. The topological polar surface area (TPSA) is 44.8 Å². The standard InChI is InChI=1S/C17H23BO4/c1-16(2)17(3,4)22-18(21-16)13-8-9-15(12(10-13)11-19)20-14-6-5-7-14/h8-11,14H,5-7H2,1-4H3. The number of ether oxygens (including phenoxy) is 1. The second kappa shape index (κ2) is 5.39. The fourth-order valence-electron chi connectivity index (χ4n) is 2.56. The third-order valence-electron chi connectivity index (χ3n) is 5.03. The Labute approximate surface area is 132 Å². The lowest BCUT2D eigenvalue weighted by atomic mass is 9.78. The van der Waals surface area contributed by atoms with Crippen molar-refractivity contribution in [3.63, 3.8) is 0 Å². The molecular formula is C17H23BO4. The molecule has 1 aromatic carbocycles. The number of carbonyl (C=O) groups is 1. The highest BCUT2D eigenvalue weighted by atomic mass is 16.7. The largest absolute Gasteiger partial charge is 0.494 e. The van der Waals surface area contributed by atoms with E-state index >= 15 is 0 Å². The van der Waals surface area contributed by atoms with Crippen molar-refractivity contribution >= 4 is 18.9 Å². The smallest absolute Gasteiger partial charge is 0.490 e. The van der Waals surface area contributed by atoms with Crippen LogP contribution in [-0.4, -0.2) is 30.7 Å². The maximum absolute atomic E-state index is 11.4. The van der Waals surface area contributed by atoms with Gasteiger partial charge in [0.1, 0.15) is 5.75 Å². The van der Waals surface area contributed by atoms with Crippen LogP contribution in [-0.2, 0) is 9.31 Å². The van der Waals surface area contributed by atoms with E-state index in [0.29, 0.717) is 11.3 Å². The molecule has 1 saturated carbocycles. The van der Waals surface area contributed by atoms with Gasteiger partial charge in [0.2, 0.25) is 0 Å². The SMILES string of the molecule is CC1(C)OB(c2ccc(OC3CCC3)c(C=O)c2)OC1(C)C. The van der Waals surface area contributed by atoms with E-state index in [1.807, 2.05) is 45.9 Å². The lowest BCUT2D eigenvalue weighted by Gasteiger charge is -2.32. The molecule has 0 spiro atoms. The summed E-state index contributed by atoms with van der Waals surface area (Å²) in [5.74, 6) is 0.653. The van der Waals surface area contributed by atoms with E-state index < -0.39 is 7.12 Å². The van der Waals surface area contributed by atoms with Gasteiger partial charge in [0.15, 0.2) is 6.29 Å². The fraction of sp³-hybridized carbons (Fsp3) is 0.588. The van der Waals surface area contributed by atoms with Gasteiger partial charge in [-0.1, -0.05) is 6.07 Å². The fourth-order valence-corrected chi connectivity index (χ4v) is 2.56. The van der Waals surface area contributed by atoms with Gasteiger partial charge in [0.05, 0.1) is 22.9 Å². The Morgan fingerprint density at radius 3 is 2.32 bits per heavy atom. The van der Waals surface area contributed by atoms with Gasteiger partial charge in [-0.2, -0.15) is 0 Å². The Kier molecular flexibility index (Phi) is 3.81. The van der Waals surface area contributed by atoms with E-state index in [9.17, 15) is 4.79 Å². The van der Waals surface area contributed by atoms with Crippen LogP contribution < -0.4 is 10.2 Å². The van der Waals surface area contributed by atoms with Crippen molar-refractivity contribution in [1.82, 2.24) is 0 Å². The first-order chi connectivity index (χ1) is 10.3. The van der Waals surface area contributed by atoms with Gasteiger partial charge in [0, 0.05) is 0 Å². The molecule has 1 aliphatic carbocycles. The minimum atomic E-state index is -0.457. The molecule has 1 aromatic rings. The molecule has 1 heterocycles. The van der Waals surface area contributed by atoms with Gasteiger partial charge in [-0.15, -0.1) is 0 Å². The predicted molar refractivity (Wildman–Crippen MR) is 85.8 cm³/mol. The minimum Gasteiger partial charge on any atom is -0.490 e. The van der Waals surface area contributed by atoms with E-state index in [0.717, 1.165) is 24.6 Å². The van der Waals surface area contributed by atoms with Crippen molar-refractivity contribution in [3.05, 3.63) is 23.8 Å². The maximum Gasteiger partial charge on any atom is 0.494 e. The van der Waals surface area contributed by atoms with Crippen molar-refractivity contribution < 1.29 is 18.8 Å². The second-order valence-electron chi connectivity index (χ2n) is 7.17. The van der Waals surface area contributed by atoms with Crippen LogP contribution in [0.1, 0.15) is 57.3 Å². The van der Waals surface area contributed by atoms with Crippen molar-refractivity contribution in [2.24, 2.45) is 0 Å². The number of hydrogen-bond acceptors (Lipinski definition) is 4. The molecular weight excluding hydrogens is 279 g/mol. The molecule has 0 atom stereocenters. The van der Waals surface area contributed by atoms with Crippen LogP contribution >= 0.6 is 0 Å². The summed E-state index contributed by atoms with van der Waals surface area (Å²) in [5.41, 5.74) is 0.626. The highest BCUT2D eigenvalue weighted by molar-refractivity contribution is 6.62. The molecule has 0 amide bonds. The van der Waals surface area contributed by atoms with Crippen LogP contribution in [0, 0.1) is 0 Å². The average Bonchev–Trinajstić information content (AvgIpc) is 2.63. The summed E-state index contributed by atoms with van der Waals surface area (Å²) in [6.07, 6.45) is 4.42. The lowest BCUT2D eigenvalue weighted by Crippen LogP contribution is -2.41. The van der Waals surface area contributed by atoms with Gasteiger partial charge in [-0.3, -0.25) is 4.79 Å². The third-order valence-corrected chi connectivity index (χ3v) is 5.03. The monoisotopic (exact) mass is 302 g/mol. The summed E-state index contributed by atoms with van der Waals surface area (Å²) in [5, 5.41) is 0. The Hall–Kier alpha value is -1.33. The van der Waals surface area contributed by atoms with Crippen LogP contribution in [0.15, 0.2) is 18.2 Å². The van der Waals surface area contributed by atoms with E-state index in [1.54, 1.807) is 0 Å². The molecule has 5 heteroatoms. The number of benzene rings is 1. The molecule has 0 aromatic heterocycles. The van der Waals surface area contributed by atoms with Gasteiger partial charge < -0.3 is 14.0 Å². The molecule has 3 rings (SSSR count). The molecule has 22 heavy (non-hydrogen) atoms. The number of carbonyl (C=O) groups excluding carboxylic acids is 1. The van der Waals surface area contributed by atoms with Gasteiger partial charge in [-0.05, 0) is 64.6 Å². The first-order valence-corrected chi connectivity index (χ1v) is 7.94. The average molecular weight is 302 g/mol. The van der Waals surface area contributed by atoms with Crippen molar-refractivity contribution in [3.8, 4) is 5.75 Å². The molecule has 0 bridgehead atoms. The molecule has 4 nitrogen and oxygen atoms in total. The number of hydrogen-bond donors (Lipinski definition) is 0. The molecule has 0 radical (unpaired) electrons. The zero-order valence-corrected chi connectivity index (χ0v) is 13.7. The van der Waals surface area contributed by atoms with Crippen LogP contribution in [0.5, 0.6) is 5.75 Å². The Bertz CT molecular complexity index is 562. The molecule has 0 unspecified atom stereocenters. The predicted octanol–water partition coefficient (Wildman–Crippen LogP) is 2.73. The van der Waals surface area contributed by atoms with Crippen LogP contribution in [0.4, 0.5) is 0 Å². The van der Waals surface area contributed by atoms with Crippen LogP contribution in [0.2, 0.25) is 0 Å². The zero-order chi connectivity index (χ0) is 16.0. The summed E-state index contributed by atoms with van der Waals surface area (Å²) >= 11 is 0. The summed E-state index contributed by atoms with van der Waals surface area (Å²) in [7, 11) is -0.457. The maximum atomic E-state index is 11.4. The highest BCUT2D eigenvalue weighted by Gasteiger charge is 2.51. The molecule has 2 fully saturated rings. The summed E-state index contributed by atoms with van der Waals surface area (Å²) in [4.78, 5) is 11.4. The van der Waals surface area contributed by atoms with E-state index in [4.69, 9.17) is 14.0 Å². The van der Waals surface area contributed by atoms with E-state index in [-0.39, 0.29) is 17.3 Å². The van der Waals surface area contributed by atoms with Gasteiger partial charge in [-0.25, -0.2) is 0 Å². The quantitative estimate of drug-likeness (QED) is 0.634. The summed E-state index contributed by atoms with van der Waals surface area (Å²) < 4.78 is 17.9. The van der Waals surface area contributed by atoms with E-state index in [2.05, 4.69) is 0 Å². The highest BCUT2D eigenvalue weighted by Crippen LogP contribution is 2.36. The minimum absolute atomic E-state index is 0.251. The van der Waals surface area contributed by atoms with E-state index in [1.165, 1.54) is 6.42 Å². The molecule has 1 aliphatic heterocycles. The third kappa shape index (κ3) is 2.68. The van der Waals surface area contributed by atoms with Gasteiger partial charge in [0.25, 0.3) is 0 Å². The second-order valence-corrected chi connectivity index (χ2v) is 7.17. The van der Waals surface area contributed by atoms with Gasteiger partial charge >= 0.3 is 7.12 Å². The number of aldehydes is 1. The molecule has 1 saturated heterocycles. The Balaban J connectivity index is 1.82. The lowest BCUT2D eigenvalue weighted by molar-refractivity contribution is 0.00578. The summed E-state index contributed by atoms with van der Waals surface area (Å²) in [6.45, 7) is 8.06. The zero-order valence-electron chi connectivity index (χ0n) is 13.7. The van der Waals surface area contributed by atoms with Crippen LogP contribution in [0.25, 0.3) is 0 Å². The first-order valence-electron chi connectivity index (χ1n) is 7.94. The Morgan fingerprint density at radius 1 is 1.18 bits per heavy atom. The summed E-state index contributed by atoms with van der Waals surface area (Å²) in [6, 6.07) is 5.58. The molecule has 118 valence electrons. The van der Waals surface area contributed by atoms with Crippen molar-refractivity contribution in [1.29, 1.82) is 0 Å². The number of rotatable bonds is 4. The Morgan fingerprint density at radius 2 is 1.82 bits per heavy atom. The molecule has 2 aliphatic rings. The van der Waals surface area contributed by atoms with Crippen molar-refractivity contribution in [2.45, 2.75) is 64.3 Å². The molecule has 0 N–H and O–H groups in total. The van der Waals surface area contributed by atoms with Crippen molar-refractivity contribution in [2.75, 3.05) is 0 Å².